The molecule has 0 amide bonds. The third kappa shape index (κ3) is 3.24. The van der Waals surface area contributed by atoms with E-state index in [1.54, 1.807) is 6.92 Å². The fraction of sp³-hybridized carbons (Fsp3) is 0.125. The van der Waals surface area contributed by atoms with Crippen LogP contribution in [0.1, 0.15) is 38.0 Å². The normalized spacial score (nSPS) is 10.4. The lowest BCUT2D eigenvalue weighted by atomic mass is 9.92. The zero-order chi connectivity index (χ0) is 19.6. The summed E-state index contributed by atoms with van der Waals surface area (Å²) in [4.78, 5) is 49.6. The molecule has 26 heavy (non-hydrogen) atoms. The predicted molar refractivity (Wildman–Crippen MR) is 91.8 cm³/mol. The third-order valence-corrected chi connectivity index (χ3v) is 3.75. The Morgan fingerprint density at radius 3 is 2.31 bits per heavy atom. The van der Waals surface area contributed by atoms with Crippen LogP contribution in [0.25, 0.3) is 11.1 Å². The molecule has 0 bridgehead atoms. The Kier molecular flexibility index (Phi) is 5.32. The first-order chi connectivity index (χ1) is 12.2. The van der Waals surface area contributed by atoms with E-state index in [2.05, 4.69) is 0 Å². The standard InChI is InChI=1S/C16H13ClN2O7/c1-2-26-16(25)8-6(4-3-5-7(8)17)9-10(14(21)22)12(18)19-13(20)11(9)15(23)24/h3-5H,2H2,1H3,(H,21,22)(H,23,24)(H3,18,19,20). The van der Waals surface area contributed by atoms with E-state index in [1.807, 2.05) is 4.98 Å². The second kappa shape index (κ2) is 7.28. The fourth-order valence-corrected chi connectivity index (χ4v) is 2.71. The van der Waals surface area contributed by atoms with Crippen molar-refractivity contribution in [1.29, 1.82) is 0 Å². The summed E-state index contributed by atoms with van der Waals surface area (Å²) >= 11 is 6.04. The zero-order valence-corrected chi connectivity index (χ0v) is 14.1. The second-order valence-corrected chi connectivity index (χ2v) is 5.39. The molecule has 9 nitrogen and oxygen atoms in total. The molecular formula is C16H13ClN2O7. The van der Waals surface area contributed by atoms with E-state index in [4.69, 9.17) is 22.1 Å². The summed E-state index contributed by atoms with van der Waals surface area (Å²) in [5.74, 6) is -4.75. The van der Waals surface area contributed by atoms with Gasteiger partial charge in [-0.25, -0.2) is 14.4 Å². The lowest BCUT2D eigenvalue weighted by Crippen LogP contribution is -2.25. The number of nitrogens with two attached hydrogens (primary N) is 1. The zero-order valence-electron chi connectivity index (χ0n) is 13.3. The lowest BCUT2D eigenvalue weighted by molar-refractivity contribution is 0.0525. The molecule has 1 heterocycles. The predicted octanol–water partition coefficient (Wildman–Crippen LogP) is 1.85. The first-order valence-electron chi connectivity index (χ1n) is 7.19. The number of ether oxygens (including phenoxy) is 1. The summed E-state index contributed by atoms with van der Waals surface area (Å²) in [6.07, 6.45) is 0. The average molecular weight is 381 g/mol. The largest absolute Gasteiger partial charge is 0.478 e. The highest BCUT2D eigenvalue weighted by atomic mass is 35.5. The summed E-state index contributed by atoms with van der Waals surface area (Å²) < 4.78 is 4.90. The van der Waals surface area contributed by atoms with Crippen molar-refractivity contribution in [3.8, 4) is 11.1 Å². The van der Waals surface area contributed by atoms with E-state index < -0.39 is 46.0 Å². The number of carboxylic acids is 2. The minimum atomic E-state index is -1.70. The number of aromatic carboxylic acids is 2. The number of nitrogen functional groups attached to an aromatic ring is 1. The van der Waals surface area contributed by atoms with Gasteiger partial charge in [-0.3, -0.25) is 4.79 Å². The molecule has 0 unspecified atom stereocenters. The molecule has 5 N–H and O–H groups in total. The summed E-state index contributed by atoms with van der Waals surface area (Å²) in [5.41, 5.74) is 1.90. The molecule has 0 radical (unpaired) electrons. The maximum absolute atomic E-state index is 12.3. The van der Waals surface area contributed by atoms with Crippen LogP contribution >= 0.6 is 11.6 Å². The second-order valence-electron chi connectivity index (χ2n) is 4.99. The summed E-state index contributed by atoms with van der Waals surface area (Å²) in [6.45, 7) is 1.55. The van der Waals surface area contributed by atoms with Crippen LogP contribution in [0, 0.1) is 0 Å². The van der Waals surface area contributed by atoms with Crippen molar-refractivity contribution >= 4 is 35.3 Å². The minimum Gasteiger partial charge on any atom is -0.478 e. The molecule has 2 aromatic rings. The molecule has 2 rings (SSSR count). The number of H-pyrrole nitrogens is 1. The van der Waals surface area contributed by atoms with E-state index in [1.165, 1.54) is 18.2 Å². The molecule has 0 aliphatic heterocycles. The van der Waals surface area contributed by atoms with Crippen LogP contribution in [0.3, 0.4) is 0 Å². The number of carbonyl (C=O) groups is 3. The monoisotopic (exact) mass is 380 g/mol. The lowest BCUT2D eigenvalue weighted by Gasteiger charge is -2.15. The van der Waals surface area contributed by atoms with Crippen molar-refractivity contribution in [2.75, 3.05) is 12.3 Å². The number of anilines is 1. The SMILES string of the molecule is CCOC(=O)c1c(Cl)cccc1-c1c(C(=O)O)c(N)[nH]c(=O)c1C(=O)O. The van der Waals surface area contributed by atoms with Gasteiger partial charge >= 0.3 is 17.9 Å². The van der Waals surface area contributed by atoms with Gasteiger partial charge in [0.1, 0.15) is 16.9 Å². The molecular weight excluding hydrogens is 368 g/mol. The summed E-state index contributed by atoms with van der Waals surface area (Å²) in [5, 5.41) is 18.8. The number of carboxylic acid groups (broad SMARTS) is 2. The van der Waals surface area contributed by atoms with Gasteiger partial charge in [0.25, 0.3) is 5.56 Å². The van der Waals surface area contributed by atoms with Crippen LogP contribution < -0.4 is 11.3 Å². The summed E-state index contributed by atoms with van der Waals surface area (Å²) in [7, 11) is 0. The van der Waals surface area contributed by atoms with Crippen molar-refractivity contribution in [2.45, 2.75) is 6.92 Å². The van der Waals surface area contributed by atoms with Crippen LogP contribution in [0.5, 0.6) is 0 Å². The Labute approximate surface area is 151 Å². The van der Waals surface area contributed by atoms with Crippen LogP contribution in [0.4, 0.5) is 5.82 Å². The highest BCUT2D eigenvalue weighted by molar-refractivity contribution is 6.34. The number of aromatic nitrogens is 1. The van der Waals surface area contributed by atoms with Crippen molar-refractivity contribution in [3.05, 3.63) is 50.3 Å². The first kappa shape index (κ1) is 19.0. The Hall–Kier alpha value is -3.33. The number of benzene rings is 1. The van der Waals surface area contributed by atoms with Gasteiger partial charge in [-0.05, 0) is 18.6 Å². The third-order valence-electron chi connectivity index (χ3n) is 3.43. The average Bonchev–Trinajstić information content (AvgIpc) is 2.52. The Bertz CT molecular complexity index is 981. The molecule has 1 aromatic carbocycles. The van der Waals surface area contributed by atoms with Gasteiger partial charge in [-0.2, -0.15) is 0 Å². The van der Waals surface area contributed by atoms with Gasteiger partial charge in [0.15, 0.2) is 0 Å². The Balaban J connectivity index is 3.04. The molecule has 0 spiro atoms. The maximum Gasteiger partial charge on any atom is 0.342 e. The maximum atomic E-state index is 12.3. The quantitative estimate of drug-likeness (QED) is 0.571. The van der Waals surface area contributed by atoms with E-state index in [-0.39, 0.29) is 22.8 Å². The molecule has 10 heteroatoms. The molecule has 1 aromatic heterocycles. The highest BCUT2D eigenvalue weighted by Crippen LogP contribution is 2.35. The summed E-state index contributed by atoms with van der Waals surface area (Å²) in [6, 6.07) is 3.97. The van der Waals surface area contributed by atoms with E-state index in [0.717, 1.165) is 0 Å². The minimum absolute atomic E-state index is 0.00140. The number of nitrogens with one attached hydrogen (secondary N) is 1. The number of carbonyl (C=O) groups excluding carboxylic acids is 1. The van der Waals surface area contributed by atoms with E-state index >= 15 is 0 Å². The smallest absolute Gasteiger partial charge is 0.342 e. The van der Waals surface area contributed by atoms with Crippen molar-refractivity contribution in [2.24, 2.45) is 0 Å². The molecule has 0 saturated heterocycles. The first-order valence-corrected chi connectivity index (χ1v) is 7.56. The number of esters is 1. The highest BCUT2D eigenvalue weighted by Gasteiger charge is 2.30. The van der Waals surface area contributed by atoms with Gasteiger partial charge in [-0.1, -0.05) is 23.7 Å². The van der Waals surface area contributed by atoms with E-state index in [0.29, 0.717) is 0 Å². The van der Waals surface area contributed by atoms with Gasteiger partial charge in [-0.15, -0.1) is 0 Å². The molecule has 0 aliphatic carbocycles. The van der Waals surface area contributed by atoms with Crippen molar-refractivity contribution in [1.82, 2.24) is 4.98 Å². The number of aromatic amines is 1. The van der Waals surface area contributed by atoms with E-state index in [9.17, 15) is 29.4 Å². The van der Waals surface area contributed by atoms with Gasteiger partial charge in [0.05, 0.1) is 17.2 Å². The van der Waals surface area contributed by atoms with Crippen LogP contribution in [0.2, 0.25) is 5.02 Å². The van der Waals surface area contributed by atoms with Crippen LogP contribution in [-0.4, -0.2) is 39.7 Å². The molecule has 0 atom stereocenters. The number of hydrogen-bond acceptors (Lipinski definition) is 6. The Morgan fingerprint density at radius 2 is 1.77 bits per heavy atom. The number of pyridine rings is 1. The van der Waals surface area contributed by atoms with Crippen molar-refractivity contribution in [3.63, 3.8) is 0 Å². The molecule has 0 fully saturated rings. The number of halogens is 1. The number of hydrogen-bond donors (Lipinski definition) is 4. The topological polar surface area (TPSA) is 160 Å². The molecule has 0 saturated carbocycles. The molecule has 0 aliphatic rings. The van der Waals surface area contributed by atoms with Gasteiger partial charge in [0.2, 0.25) is 0 Å². The van der Waals surface area contributed by atoms with Crippen LogP contribution in [-0.2, 0) is 4.74 Å². The van der Waals surface area contributed by atoms with Crippen molar-refractivity contribution < 1.29 is 29.3 Å². The van der Waals surface area contributed by atoms with Crippen LogP contribution in [0.15, 0.2) is 23.0 Å². The van der Waals surface area contributed by atoms with Gasteiger partial charge in [0, 0.05) is 5.56 Å². The van der Waals surface area contributed by atoms with Gasteiger partial charge < -0.3 is 25.7 Å². The number of rotatable bonds is 5. The fourth-order valence-electron chi connectivity index (χ4n) is 2.46. The molecule has 136 valence electrons. The Morgan fingerprint density at radius 1 is 1.15 bits per heavy atom.